The Morgan fingerprint density at radius 2 is 2.09 bits per heavy atom. The minimum Gasteiger partial charge on any atom is -0.361 e. The van der Waals surface area contributed by atoms with Crippen LogP contribution < -0.4 is 0 Å². The van der Waals surface area contributed by atoms with Gasteiger partial charge in [-0.1, -0.05) is 49.3 Å². The number of aryl methyl sites for hydroxylation is 1. The van der Waals surface area contributed by atoms with E-state index in [2.05, 4.69) is 43.3 Å². The topological polar surface area (TPSA) is 46.3 Å². The molecule has 2 aromatic rings. The van der Waals surface area contributed by atoms with Crippen molar-refractivity contribution in [2.24, 2.45) is 5.41 Å². The first kappa shape index (κ1) is 14.8. The molecule has 4 heteroatoms. The summed E-state index contributed by atoms with van der Waals surface area (Å²) in [4.78, 5) is 14.5. The van der Waals surface area contributed by atoms with Crippen molar-refractivity contribution >= 4 is 5.91 Å². The van der Waals surface area contributed by atoms with Gasteiger partial charge < -0.3 is 9.42 Å². The predicted octanol–water partition coefficient (Wildman–Crippen LogP) is 3.26. The SMILES string of the molecule is CC1(C)CN(C(=O)CCc2ccno2)C[C@H]1c1ccccc1. The fraction of sp³-hybridized carbons (Fsp3) is 0.444. The molecular weight excluding hydrogens is 276 g/mol. The Morgan fingerprint density at radius 1 is 1.32 bits per heavy atom. The minimum atomic E-state index is 0.100. The lowest BCUT2D eigenvalue weighted by Crippen LogP contribution is -2.30. The zero-order valence-electron chi connectivity index (χ0n) is 13.2. The highest BCUT2D eigenvalue weighted by atomic mass is 16.5. The first-order chi connectivity index (χ1) is 10.6. The first-order valence-electron chi connectivity index (χ1n) is 7.78. The van der Waals surface area contributed by atoms with Gasteiger partial charge >= 0.3 is 0 Å². The van der Waals surface area contributed by atoms with Crippen molar-refractivity contribution in [1.29, 1.82) is 0 Å². The molecule has 2 heterocycles. The molecular formula is C18H22N2O2. The molecule has 1 atom stereocenters. The number of hydrogen-bond acceptors (Lipinski definition) is 3. The van der Waals surface area contributed by atoms with Crippen molar-refractivity contribution in [2.45, 2.75) is 32.6 Å². The van der Waals surface area contributed by atoms with Gasteiger partial charge in [-0.15, -0.1) is 0 Å². The summed E-state index contributed by atoms with van der Waals surface area (Å²) in [5, 5.41) is 3.67. The summed E-state index contributed by atoms with van der Waals surface area (Å²) in [5.41, 5.74) is 1.42. The summed E-state index contributed by atoms with van der Waals surface area (Å²) in [6.07, 6.45) is 2.71. The van der Waals surface area contributed by atoms with Crippen LogP contribution in [0.5, 0.6) is 0 Å². The molecule has 1 aliphatic rings. The third-order valence-corrected chi connectivity index (χ3v) is 4.58. The monoisotopic (exact) mass is 298 g/mol. The number of hydrogen-bond donors (Lipinski definition) is 0. The average molecular weight is 298 g/mol. The lowest BCUT2D eigenvalue weighted by Gasteiger charge is -2.25. The van der Waals surface area contributed by atoms with E-state index in [-0.39, 0.29) is 11.3 Å². The zero-order valence-corrected chi connectivity index (χ0v) is 13.2. The van der Waals surface area contributed by atoms with Crippen LogP contribution in [0.2, 0.25) is 0 Å². The molecule has 0 bridgehead atoms. The molecule has 0 N–H and O–H groups in total. The third kappa shape index (κ3) is 3.06. The molecule has 3 rings (SSSR count). The van der Waals surface area contributed by atoms with Crippen molar-refractivity contribution < 1.29 is 9.32 Å². The van der Waals surface area contributed by atoms with Gasteiger partial charge in [0.25, 0.3) is 0 Å². The summed E-state index contributed by atoms with van der Waals surface area (Å²) < 4.78 is 5.06. The minimum absolute atomic E-state index is 0.100. The summed E-state index contributed by atoms with van der Waals surface area (Å²) in [7, 11) is 0. The van der Waals surface area contributed by atoms with Gasteiger partial charge in [0.15, 0.2) is 0 Å². The van der Waals surface area contributed by atoms with E-state index in [0.29, 0.717) is 18.8 Å². The van der Waals surface area contributed by atoms with E-state index in [4.69, 9.17) is 4.52 Å². The normalized spacial score (nSPS) is 20.3. The zero-order chi connectivity index (χ0) is 15.6. The molecule has 0 unspecified atom stereocenters. The van der Waals surface area contributed by atoms with Crippen LogP contribution in [0.25, 0.3) is 0 Å². The highest BCUT2D eigenvalue weighted by Gasteiger charge is 2.41. The Bertz CT molecular complexity index is 620. The van der Waals surface area contributed by atoms with Crippen LogP contribution >= 0.6 is 0 Å². The quantitative estimate of drug-likeness (QED) is 0.870. The standard InChI is InChI=1S/C18H22N2O2/c1-18(2)13-20(12-16(18)14-6-4-3-5-7-14)17(21)9-8-15-10-11-19-22-15/h3-7,10-11,16H,8-9,12-13H2,1-2H3/t16-/m0/s1. The largest absolute Gasteiger partial charge is 0.361 e. The summed E-state index contributed by atoms with van der Waals surface area (Å²) in [5.74, 6) is 1.36. The number of aromatic nitrogens is 1. The second-order valence-corrected chi connectivity index (χ2v) is 6.70. The second kappa shape index (κ2) is 5.95. The Balaban J connectivity index is 1.65. The number of rotatable bonds is 4. The number of likely N-dealkylation sites (tertiary alicyclic amines) is 1. The molecule has 0 aliphatic carbocycles. The Kier molecular flexibility index (Phi) is 4.01. The Labute approximate surface area is 131 Å². The fourth-order valence-electron chi connectivity index (χ4n) is 3.33. The first-order valence-corrected chi connectivity index (χ1v) is 7.78. The molecule has 116 valence electrons. The lowest BCUT2D eigenvalue weighted by molar-refractivity contribution is -0.130. The number of carbonyl (C=O) groups is 1. The molecule has 1 aromatic carbocycles. The fourth-order valence-corrected chi connectivity index (χ4v) is 3.33. The van der Waals surface area contributed by atoms with Gasteiger partial charge in [-0.25, -0.2) is 0 Å². The second-order valence-electron chi connectivity index (χ2n) is 6.70. The highest BCUT2D eigenvalue weighted by molar-refractivity contribution is 5.77. The Morgan fingerprint density at radius 3 is 2.77 bits per heavy atom. The van der Waals surface area contributed by atoms with Gasteiger partial charge in [0, 0.05) is 37.9 Å². The maximum Gasteiger partial charge on any atom is 0.223 e. The van der Waals surface area contributed by atoms with Crippen LogP contribution in [0.3, 0.4) is 0 Å². The summed E-state index contributed by atoms with van der Waals surface area (Å²) in [6, 6.07) is 12.3. The maximum absolute atomic E-state index is 12.5. The van der Waals surface area contributed by atoms with E-state index in [1.165, 1.54) is 5.56 Å². The van der Waals surface area contributed by atoms with Gasteiger partial charge in [0.2, 0.25) is 5.91 Å². The van der Waals surface area contributed by atoms with Crippen LogP contribution in [0, 0.1) is 5.41 Å². The van der Waals surface area contributed by atoms with Crippen LogP contribution in [0.15, 0.2) is 47.1 Å². The van der Waals surface area contributed by atoms with Gasteiger partial charge in [-0.3, -0.25) is 4.79 Å². The molecule has 1 amide bonds. The van der Waals surface area contributed by atoms with Crippen LogP contribution in [0.1, 0.15) is 37.5 Å². The van der Waals surface area contributed by atoms with E-state index in [9.17, 15) is 4.79 Å². The van der Waals surface area contributed by atoms with Gasteiger partial charge in [-0.2, -0.15) is 0 Å². The van der Waals surface area contributed by atoms with Crippen LogP contribution in [-0.2, 0) is 11.2 Å². The maximum atomic E-state index is 12.5. The summed E-state index contributed by atoms with van der Waals surface area (Å²) in [6.45, 7) is 6.09. The number of benzene rings is 1. The average Bonchev–Trinajstić information content (AvgIpc) is 3.13. The number of carbonyl (C=O) groups excluding carboxylic acids is 1. The molecule has 1 fully saturated rings. The predicted molar refractivity (Wildman–Crippen MR) is 84.4 cm³/mol. The molecule has 0 spiro atoms. The van der Waals surface area contributed by atoms with E-state index < -0.39 is 0 Å². The van der Waals surface area contributed by atoms with Crippen molar-refractivity contribution in [2.75, 3.05) is 13.1 Å². The number of nitrogens with zero attached hydrogens (tertiary/aromatic N) is 2. The van der Waals surface area contributed by atoms with Crippen molar-refractivity contribution in [3.8, 4) is 0 Å². The lowest BCUT2D eigenvalue weighted by atomic mass is 9.78. The molecule has 0 radical (unpaired) electrons. The molecule has 4 nitrogen and oxygen atoms in total. The van der Waals surface area contributed by atoms with E-state index >= 15 is 0 Å². The molecule has 22 heavy (non-hydrogen) atoms. The van der Waals surface area contributed by atoms with E-state index in [0.717, 1.165) is 18.8 Å². The number of amides is 1. The molecule has 1 saturated heterocycles. The van der Waals surface area contributed by atoms with Gasteiger partial charge in [0.1, 0.15) is 5.76 Å². The molecule has 1 aliphatic heterocycles. The smallest absolute Gasteiger partial charge is 0.223 e. The van der Waals surface area contributed by atoms with Crippen LogP contribution in [0.4, 0.5) is 0 Å². The Hall–Kier alpha value is -2.10. The van der Waals surface area contributed by atoms with Crippen molar-refractivity contribution in [3.63, 3.8) is 0 Å². The molecule has 0 saturated carbocycles. The van der Waals surface area contributed by atoms with Gasteiger partial charge in [-0.05, 0) is 11.0 Å². The van der Waals surface area contributed by atoms with Gasteiger partial charge in [0.05, 0.1) is 6.20 Å². The van der Waals surface area contributed by atoms with Crippen molar-refractivity contribution in [1.82, 2.24) is 10.1 Å². The summed E-state index contributed by atoms with van der Waals surface area (Å²) >= 11 is 0. The third-order valence-electron chi connectivity index (χ3n) is 4.58. The van der Waals surface area contributed by atoms with Crippen LogP contribution in [-0.4, -0.2) is 29.1 Å². The van der Waals surface area contributed by atoms with E-state index in [1.807, 2.05) is 17.0 Å². The molecule has 1 aromatic heterocycles. The van der Waals surface area contributed by atoms with E-state index in [1.54, 1.807) is 6.20 Å². The van der Waals surface area contributed by atoms with Crippen molar-refractivity contribution in [3.05, 3.63) is 53.9 Å². The highest BCUT2D eigenvalue weighted by Crippen LogP contribution is 2.42.